The zero-order chi connectivity index (χ0) is 21.4. The Labute approximate surface area is 176 Å². The van der Waals surface area contributed by atoms with Crippen molar-refractivity contribution in [1.82, 2.24) is 4.57 Å². The number of nitrogens with zero attached hydrogens (tertiary/aromatic N) is 1. The monoisotopic (exact) mass is 420 g/mol. The zero-order valence-corrected chi connectivity index (χ0v) is 17.0. The smallest absolute Gasteiger partial charge is 0.360 e. The minimum absolute atomic E-state index is 0.122. The summed E-state index contributed by atoms with van der Waals surface area (Å²) in [5.41, 5.74) is 1.94. The molecule has 0 spiro atoms. The van der Waals surface area contributed by atoms with E-state index in [4.69, 9.17) is 16.0 Å². The lowest BCUT2D eigenvalue weighted by Gasteiger charge is -2.10. The molecule has 0 saturated heterocycles. The molecule has 150 valence electrons. The maximum Gasteiger partial charge on any atom is 0.360 e. The number of halogens is 1. The van der Waals surface area contributed by atoms with Crippen molar-refractivity contribution in [1.29, 1.82) is 0 Å². The van der Waals surface area contributed by atoms with Crippen molar-refractivity contribution >= 4 is 34.2 Å². The summed E-state index contributed by atoms with van der Waals surface area (Å²) >= 11 is 5.92. The van der Waals surface area contributed by atoms with E-state index in [1.807, 2.05) is 32.0 Å². The Morgan fingerprint density at radius 1 is 1.00 bits per heavy atom. The SMILES string of the molecule is Cc1cc(C)cc(-n2ccc3oc(=O)c(NC(=O)c4cccc(Cl)c4)cc3c2=O)c1. The van der Waals surface area contributed by atoms with Gasteiger partial charge in [0.1, 0.15) is 11.3 Å². The summed E-state index contributed by atoms with van der Waals surface area (Å²) < 4.78 is 6.74. The lowest BCUT2D eigenvalue weighted by atomic mass is 10.1. The average molecular weight is 421 g/mol. The molecule has 0 aliphatic heterocycles. The second-order valence-corrected chi connectivity index (χ2v) is 7.46. The quantitative estimate of drug-likeness (QED) is 0.530. The molecule has 6 nitrogen and oxygen atoms in total. The maximum absolute atomic E-state index is 13.1. The van der Waals surface area contributed by atoms with Crippen molar-refractivity contribution in [2.75, 3.05) is 5.32 Å². The lowest BCUT2D eigenvalue weighted by molar-refractivity contribution is 0.102. The summed E-state index contributed by atoms with van der Waals surface area (Å²) in [6, 6.07) is 15.0. The standard InChI is InChI=1S/C23H17ClN2O4/c1-13-8-14(2)10-17(9-13)26-7-6-20-18(22(26)28)12-19(23(29)30-20)25-21(27)15-4-3-5-16(24)11-15/h3-12H,1-2H3,(H,25,27). The van der Waals surface area contributed by atoms with Crippen LogP contribution in [0.15, 0.2) is 74.8 Å². The molecule has 4 aromatic rings. The topological polar surface area (TPSA) is 81.3 Å². The summed E-state index contributed by atoms with van der Waals surface area (Å²) in [7, 11) is 0. The third kappa shape index (κ3) is 3.77. The fourth-order valence-electron chi connectivity index (χ4n) is 3.32. The Balaban J connectivity index is 1.80. The number of fused-ring (bicyclic) bond motifs is 1. The van der Waals surface area contributed by atoms with Gasteiger partial charge in [-0.3, -0.25) is 14.2 Å². The minimum atomic E-state index is -0.749. The number of hydrogen-bond donors (Lipinski definition) is 1. The van der Waals surface area contributed by atoms with E-state index in [2.05, 4.69) is 5.32 Å². The fourth-order valence-corrected chi connectivity index (χ4v) is 3.51. The van der Waals surface area contributed by atoms with E-state index in [9.17, 15) is 14.4 Å². The molecule has 2 aromatic carbocycles. The second-order valence-electron chi connectivity index (χ2n) is 7.03. The van der Waals surface area contributed by atoms with Crippen LogP contribution in [0.2, 0.25) is 5.02 Å². The molecule has 0 atom stereocenters. The fraction of sp³-hybridized carbons (Fsp3) is 0.0870. The number of hydrogen-bond acceptors (Lipinski definition) is 4. The highest BCUT2D eigenvalue weighted by Gasteiger charge is 2.14. The zero-order valence-electron chi connectivity index (χ0n) is 16.2. The summed E-state index contributed by atoms with van der Waals surface area (Å²) in [5, 5.41) is 3.07. The number of aryl methyl sites for hydroxylation is 2. The van der Waals surface area contributed by atoms with Gasteiger partial charge in [-0.2, -0.15) is 0 Å². The van der Waals surface area contributed by atoms with Crippen molar-refractivity contribution in [2.24, 2.45) is 0 Å². The predicted octanol–water partition coefficient (Wildman–Crippen LogP) is 4.47. The molecule has 2 heterocycles. The van der Waals surface area contributed by atoms with Crippen molar-refractivity contribution in [3.05, 3.63) is 103 Å². The minimum Gasteiger partial charge on any atom is -0.421 e. The van der Waals surface area contributed by atoms with Gasteiger partial charge in [-0.25, -0.2) is 4.79 Å². The first-order chi connectivity index (χ1) is 14.3. The van der Waals surface area contributed by atoms with Crippen molar-refractivity contribution in [3.8, 4) is 5.69 Å². The summed E-state index contributed by atoms with van der Waals surface area (Å²) in [4.78, 5) is 37.9. The van der Waals surface area contributed by atoms with E-state index in [1.54, 1.807) is 30.5 Å². The van der Waals surface area contributed by atoms with Crippen LogP contribution in [0.3, 0.4) is 0 Å². The van der Waals surface area contributed by atoms with Crippen LogP contribution in [0.25, 0.3) is 16.7 Å². The highest BCUT2D eigenvalue weighted by molar-refractivity contribution is 6.31. The van der Waals surface area contributed by atoms with Gasteiger partial charge in [-0.05, 0) is 67.4 Å². The summed E-state index contributed by atoms with van der Waals surface area (Å²) in [6.45, 7) is 3.90. The number of anilines is 1. The molecule has 4 rings (SSSR count). The molecule has 0 aliphatic carbocycles. The van der Waals surface area contributed by atoms with Crippen molar-refractivity contribution in [2.45, 2.75) is 13.8 Å². The van der Waals surface area contributed by atoms with Gasteiger partial charge in [0.05, 0.1) is 5.39 Å². The first kappa shape index (κ1) is 19.7. The van der Waals surface area contributed by atoms with Gasteiger partial charge < -0.3 is 9.73 Å². The van der Waals surface area contributed by atoms with Gasteiger partial charge in [0.25, 0.3) is 11.5 Å². The Morgan fingerprint density at radius 2 is 1.73 bits per heavy atom. The van der Waals surface area contributed by atoms with E-state index in [0.717, 1.165) is 11.1 Å². The molecule has 1 amide bonds. The van der Waals surface area contributed by atoms with Crippen LogP contribution in [0.1, 0.15) is 21.5 Å². The van der Waals surface area contributed by atoms with Crippen molar-refractivity contribution in [3.63, 3.8) is 0 Å². The second kappa shape index (κ2) is 7.65. The van der Waals surface area contributed by atoms with Crippen LogP contribution in [0, 0.1) is 13.8 Å². The number of nitrogens with one attached hydrogen (secondary N) is 1. The van der Waals surface area contributed by atoms with Crippen LogP contribution in [-0.4, -0.2) is 10.5 Å². The first-order valence-corrected chi connectivity index (χ1v) is 9.55. The van der Waals surface area contributed by atoms with Gasteiger partial charge in [0.2, 0.25) is 0 Å². The molecule has 7 heteroatoms. The molecule has 30 heavy (non-hydrogen) atoms. The van der Waals surface area contributed by atoms with E-state index < -0.39 is 11.5 Å². The first-order valence-electron chi connectivity index (χ1n) is 9.17. The van der Waals surface area contributed by atoms with Gasteiger partial charge >= 0.3 is 5.63 Å². The number of rotatable bonds is 3. The number of benzene rings is 2. The molecule has 0 saturated carbocycles. The van der Waals surface area contributed by atoms with Crippen LogP contribution >= 0.6 is 11.6 Å². The third-order valence-electron chi connectivity index (χ3n) is 4.62. The normalized spacial score (nSPS) is 10.9. The van der Waals surface area contributed by atoms with Gasteiger partial charge in [0, 0.05) is 22.5 Å². The van der Waals surface area contributed by atoms with Crippen LogP contribution in [0.5, 0.6) is 0 Å². The third-order valence-corrected chi connectivity index (χ3v) is 4.86. The Morgan fingerprint density at radius 3 is 2.43 bits per heavy atom. The molecular weight excluding hydrogens is 404 g/mol. The van der Waals surface area contributed by atoms with Crippen molar-refractivity contribution < 1.29 is 9.21 Å². The van der Waals surface area contributed by atoms with E-state index >= 15 is 0 Å². The maximum atomic E-state index is 13.1. The van der Waals surface area contributed by atoms with Gasteiger partial charge in [-0.1, -0.05) is 23.7 Å². The van der Waals surface area contributed by atoms with Crippen LogP contribution in [0.4, 0.5) is 5.69 Å². The number of carbonyl (C=O) groups is 1. The average Bonchev–Trinajstić information content (AvgIpc) is 2.68. The summed E-state index contributed by atoms with van der Waals surface area (Å²) in [5.74, 6) is -0.533. The van der Waals surface area contributed by atoms with E-state index in [1.165, 1.54) is 16.7 Å². The molecule has 2 aromatic heterocycles. The molecule has 0 aliphatic rings. The molecule has 0 fully saturated rings. The summed E-state index contributed by atoms with van der Waals surface area (Å²) in [6.07, 6.45) is 1.56. The highest BCUT2D eigenvalue weighted by atomic mass is 35.5. The number of amides is 1. The largest absolute Gasteiger partial charge is 0.421 e. The van der Waals surface area contributed by atoms with Gasteiger partial charge in [0.15, 0.2) is 0 Å². The Kier molecular flexibility index (Phi) is 5.01. The van der Waals surface area contributed by atoms with E-state index in [-0.39, 0.29) is 27.8 Å². The molecular formula is C23H17ClN2O4. The Bertz CT molecular complexity index is 1400. The molecule has 0 bridgehead atoms. The highest BCUT2D eigenvalue weighted by Crippen LogP contribution is 2.17. The van der Waals surface area contributed by atoms with Crippen LogP contribution < -0.4 is 16.5 Å². The number of carbonyl (C=O) groups excluding carboxylic acids is 1. The lowest BCUT2D eigenvalue weighted by Crippen LogP contribution is -2.21. The van der Waals surface area contributed by atoms with Crippen LogP contribution in [-0.2, 0) is 0 Å². The molecule has 0 unspecified atom stereocenters. The van der Waals surface area contributed by atoms with Gasteiger partial charge in [-0.15, -0.1) is 0 Å². The number of aromatic nitrogens is 1. The van der Waals surface area contributed by atoms with E-state index in [0.29, 0.717) is 10.7 Å². The molecule has 1 N–H and O–H groups in total. The Hall–Kier alpha value is -3.64. The molecule has 0 radical (unpaired) electrons. The number of pyridine rings is 1. The predicted molar refractivity (Wildman–Crippen MR) is 117 cm³/mol.